The van der Waals surface area contributed by atoms with Gasteiger partial charge in [0.15, 0.2) is 0 Å². The van der Waals surface area contributed by atoms with Crippen LogP contribution in [0.5, 0.6) is 11.8 Å². The van der Waals surface area contributed by atoms with Crippen LogP contribution in [0.2, 0.25) is 0 Å². The molecule has 1 aromatic heterocycles. The summed E-state index contributed by atoms with van der Waals surface area (Å²) in [5.74, 6) is 0.595. The van der Waals surface area contributed by atoms with Crippen molar-refractivity contribution in [3.05, 3.63) is 42.2 Å². The predicted octanol–water partition coefficient (Wildman–Crippen LogP) is 2.27. The second-order valence-corrected chi connectivity index (χ2v) is 6.07. The lowest BCUT2D eigenvalue weighted by atomic mass is 9.92. The van der Waals surface area contributed by atoms with E-state index in [1.54, 1.807) is 30.6 Å². The van der Waals surface area contributed by atoms with E-state index in [0.717, 1.165) is 18.4 Å². The maximum absolute atomic E-state index is 12.4. The zero-order valence-electron chi connectivity index (χ0n) is 14.1. The molecule has 25 heavy (non-hydrogen) atoms. The van der Waals surface area contributed by atoms with E-state index in [0.29, 0.717) is 24.7 Å². The SMILES string of the molecule is Cc1cc(Oc2ncccn2)ccc1NC(=O)C(N)C1CCOCC1. The smallest absolute Gasteiger partial charge is 0.321 e. The predicted molar refractivity (Wildman–Crippen MR) is 93.4 cm³/mol. The number of nitrogens with zero attached hydrogens (tertiary/aromatic N) is 2. The van der Waals surface area contributed by atoms with E-state index in [9.17, 15) is 4.79 Å². The lowest BCUT2D eigenvalue weighted by Crippen LogP contribution is -2.44. The van der Waals surface area contributed by atoms with E-state index in [2.05, 4.69) is 15.3 Å². The van der Waals surface area contributed by atoms with Crippen LogP contribution in [0.1, 0.15) is 18.4 Å². The molecule has 7 nitrogen and oxygen atoms in total. The normalized spacial score (nSPS) is 16.2. The molecular weight excluding hydrogens is 320 g/mol. The van der Waals surface area contributed by atoms with E-state index in [1.807, 2.05) is 13.0 Å². The number of carbonyl (C=O) groups excluding carboxylic acids is 1. The Bertz CT molecular complexity index is 718. The first-order valence-corrected chi connectivity index (χ1v) is 8.33. The first-order chi connectivity index (χ1) is 12.1. The molecule has 1 saturated heterocycles. The minimum Gasteiger partial charge on any atom is -0.424 e. The molecule has 2 heterocycles. The number of benzene rings is 1. The molecule has 132 valence electrons. The summed E-state index contributed by atoms with van der Waals surface area (Å²) in [6, 6.07) is 6.85. The van der Waals surface area contributed by atoms with Crippen LogP contribution in [-0.4, -0.2) is 35.1 Å². The number of hydrogen-bond acceptors (Lipinski definition) is 6. The summed E-state index contributed by atoms with van der Waals surface area (Å²) in [6.07, 6.45) is 4.86. The van der Waals surface area contributed by atoms with Crippen LogP contribution < -0.4 is 15.8 Å². The number of aryl methyl sites for hydroxylation is 1. The Morgan fingerprint density at radius 3 is 2.72 bits per heavy atom. The van der Waals surface area contributed by atoms with Gasteiger partial charge in [0.2, 0.25) is 5.91 Å². The molecule has 0 saturated carbocycles. The monoisotopic (exact) mass is 342 g/mol. The number of rotatable bonds is 5. The number of hydrogen-bond donors (Lipinski definition) is 2. The number of anilines is 1. The summed E-state index contributed by atoms with van der Waals surface area (Å²) in [5.41, 5.74) is 7.71. The maximum atomic E-state index is 12.4. The summed E-state index contributed by atoms with van der Waals surface area (Å²) < 4.78 is 10.9. The molecule has 7 heteroatoms. The van der Waals surface area contributed by atoms with Gasteiger partial charge in [-0.05, 0) is 55.5 Å². The van der Waals surface area contributed by atoms with Gasteiger partial charge >= 0.3 is 6.01 Å². The molecular formula is C18H22N4O3. The van der Waals surface area contributed by atoms with Crippen LogP contribution in [0.25, 0.3) is 0 Å². The fraction of sp³-hybridized carbons (Fsp3) is 0.389. The van der Waals surface area contributed by atoms with Crippen LogP contribution in [0.3, 0.4) is 0 Å². The van der Waals surface area contributed by atoms with Gasteiger partial charge in [-0.25, -0.2) is 9.97 Å². The molecule has 0 radical (unpaired) electrons. The van der Waals surface area contributed by atoms with Gasteiger partial charge in [-0.1, -0.05) is 0 Å². The van der Waals surface area contributed by atoms with Gasteiger partial charge in [0, 0.05) is 31.3 Å². The lowest BCUT2D eigenvalue weighted by molar-refractivity contribution is -0.119. The summed E-state index contributed by atoms with van der Waals surface area (Å²) >= 11 is 0. The van der Waals surface area contributed by atoms with E-state index in [1.165, 1.54) is 0 Å². The highest BCUT2D eigenvalue weighted by Crippen LogP contribution is 2.25. The maximum Gasteiger partial charge on any atom is 0.321 e. The highest BCUT2D eigenvalue weighted by Gasteiger charge is 2.26. The summed E-state index contributed by atoms with van der Waals surface area (Å²) in [7, 11) is 0. The van der Waals surface area contributed by atoms with Crippen molar-refractivity contribution in [2.45, 2.75) is 25.8 Å². The Morgan fingerprint density at radius 1 is 1.32 bits per heavy atom. The van der Waals surface area contributed by atoms with E-state index in [-0.39, 0.29) is 17.8 Å². The molecule has 2 aromatic rings. The summed E-state index contributed by atoms with van der Waals surface area (Å²) in [5, 5.41) is 2.91. The molecule has 1 aromatic carbocycles. The molecule has 0 spiro atoms. The Balaban J connectivity index is 1.63. The van der Waals surface area contributed by atoms with Gasteiger partial charge in [-0.15, -0.1) is 0 Å². The number of ether oxygens (including phenoxy) is 2. The number of nitrogens with two attached hydrogens (primary N) is 1. The van der Waals surface area contributed by atoms with Crippen molar-refractivity contribution in [3.63, 3.8) is 0 Å². The molecule has 3 rings (SSSR count). The Kier molecular flexibility index (Phi) is 5.57. The highest BCUT2D eigenvalue weighted by molar-refractivity contribution is 5.95. The molecule has 1 unspecified atom stereocenters. The molecule has 3 N–H and O–H groups in total. The first kappa shape index (κ1) is 17.3. The zero-order valence-corrected chi connectivity index (χ0v) is 14.1. The van der Waals surface area contributed by atoms with Gasteiger partial charge < -0.3 is 20.5 Å². The molecule has 1 amide bonds. The van der Waals surface area contributed by atoms with Gasteiger partial charge in [-0.2, -0.15) is 0 Å². The van der Waals surface area contributed by atoms with Crippen molar-refractivity contribution < 1.29 is 14.3 Å². The zero-order chi connectivity index (χ0) is 17.6. The van der Waals surface area contributed by atoms with Gasteiger partial charge in [-0.3, -0.25) is 4.79 Å². The summed E-state index contributed by atoms with van der Waals surface area (Å²) in [6.45, 7) is 3.23. The second kappa shape index (κ2) is 8.04. The molecule has 0 aliphatic carbocycles. The van der Waals surface area contributed by atoms with Crippen LogP contribution >= 0.6 is 0 Å². The van der Waals surface area contributed by atoms with Crippen LogP contribution in [-0.2, 0) is 9.53 Å². The van der Waals surface area contributed by atoms with Crippen LogP contribution in [0.15, 0.2) is 36.7 Å². The molecule has 0 bridgehead atoms. The van der Waals surface area contributed by atoms with Crippen molar-refractivity contribution in [2.75, 3.05) is 18.5 Å². The Hall–Kier alpha value is -2.51. The molecule has 1 aliphatic heterocycles. The fourth-order valence-electron chi connectivity index (χ4n) is 2.79. The third kappa shape index (κ3) is 4.52. The van der Waals surface area contributed by atoms with Crippen LogP contribution in [0, 0.1) is 12.8 Å². The quantitative estimate of drug-likeness (QED) is 0.865. The van der Waals surface area contributed by atoms with Gasteiger partial charge in [0.25, 0.3) is 0 Å². The van der Waals surface area contributed by atoms with Crippen molar-refractivity contribution in [2.24, 2.45) is 11.7 Å². The average molecular weight is 342 g/mol. The fourth-order valence-corrected chi connectivity index (χ4v) is 2.79. The largest absolute Gasteiger partial charge is 0.424 e. The highest BCUT2D eigenvalue weighted by atomic mass is 16.5. The Morgan fingerprint density at radius 2 is 2.04 bits per heavy atom. The average Bonchev–Trinajstić information content (AvgIpc) is 2.65. The second-order valence-electron chi connectivity index (χ2n) is 6.07. The number of amides is 1. The van der Waals surface area contributed by atoms with E-state index >= 15 is 0 Å². The molecule has 1 atom stereocenters. The van der Waals surface area contributed by atoms with E-state index < -0.39 is 6.04 Å². The van der Waals surface area contributed by atoms with Crippen molar-refractivity contribution in [1.82, 2.24) is 9.97 Å². The molecule has 1 fully saturated rings. The third-order valence-electron chi connectivity index (χ3n) is 4.28. The topological polar surface area (TPSA) is 99.4 Å². The standard InChI is InChI=1S/C18H22N4O3/c1-12-11-14(25-18-20-7-2-8-21-18)3-4-15(12)22-17(23)16(19)13-5-9-24-10-6-13/h2-4,7-8,11,13,16H,5-6,9-10,19H2,1H3,(H,22,23). The first-order valence-electron chi connectivity index (χ1n) is 8.33. The van der Waals surface area contributed by atoms with Gasteiger partial charge in [0.05, 0.1) is 6.04 Å². The number of aromatic nitrogens is 2. The van der Waals surface area contributed by atoms with Crippen molar-refractivity contribution >= 4 is 11.6 Å². The minimum absolute atomic E-state index is 0.159. The third-order valence-corrected chi connectivity index (χ3v) is 4.28. The van der Waals surface area contributed by atoms with Gasteiger partial charge in [0.1, 0.15) is 5.75 Å². The van der Waals surface area contributed by atoms with E-state index in [4.69, 9.17) is 15.2 Å². The number of nitrogens with one attached hydrogen (secondary N) is 1. The van der Waals surface area contributed by atoms with Crippen molar-refractivity contribution in [3.8, 4) is 11.8 Å². The van der Waals surface area contributed by atoms with Crippen molar-refractivity contribution in [1.29, 1.82) is 0 Å². The lowest BCUT2D eigenvalue weighted by Gasteiger charge is -2.27. The number of carbonyl (C=O) groups is 1. The van der Waals surface area contributed by atoms with Crippen LogP contribution in [0.4, 0.5) is 5.69 Å². The molecule has 1 aliphatic rings. The Labute approximate surface area is 146 Å². The summed E-state index contributed by atoms with van der Waals surface area (Å²) in [4.78, 5) is 20.5. The minimum atomic E-state index is -0.531.